The minimum Gasteiger partial charge on any atom is -0.382 e. The van der Waals surface area contributed by atoms with Crippen molar-refractivity contribution in [3.05, 3.63) is 0 Å². The van der Waals surface area contributed by atoms with E-state index >= 15 is 0 Å². The van der Waals surface area contributed by atoms with E-state index in [1.807, 2.05) is 0 Å². The third-order valence-corrected chi connectivity index (χ3v) is 5.18. The molecule has 3 unspecified atom stereocenters. The average molecular weight is 453 g/mol. The van der Waals surface area contributed by atoms with Crippen molar-refractivity contribution in [1.29, 1.82) is 0 Å². The summed E-state index contributed by atoms with van der Waals surface area (Å²) in [5.41, 5.74) is 0. The molecular weight excluding hydrogens is 417 g/mol. The number of nitrogens with one attached hydrogen (secondary N) is 2. The van der Waals surface area contributed by atoms with Gasteiger partial charge >= 0.3 is 0 Å². The highest BCUT2D eigenvalue weighted by atomic mass is 127. The van der Waals surface area contributed by atoms with Gasteiger partial charge in [0.05, 0.1) is 13.2 Å². The molecule has 0 amide bonds. The van der Waals surface area contributed by atoms with Gasteiger partial charge < -0.3 is 20.1 Å². The predicted octanol–water partition coefficient (Wildman–Crippen LogP) is 3.04. The smallest absolute Gasteiger partial charge is 0.191 e. The quantitative estimate of drug-likeness (QED) is 0.219. The minimum absolute atomic E-state index is 0. The average Bonchev–Trinajstić information content (AvgIpc) is 3.17. The maximum absolute atomic E-state index is 5.46. The number of hydrogen-bond donors (Lipinski definition) is 2. The Morgan fingerprint density at radius 1 is 1.12 bits per heavy atom. The van der Waals surface area contributed by atoms with Gasteiger partial charge in [-0.15, -0.1) is 24.0 Å². The van der Waals surface area contributed by atoms with Crippen LogP contribution in [0.3, 0.4) is 0 Å². The summed E-state index contributed by atoms with van der Waals surface area (Å²) in [6.45, 7) is 6.95. The second-order valence-corrected chi connectivity index (χ2v) is 6.87. The lowest BCUT2D eigenvalue weighted by molar-refractivity contribution is 0.0702. The number of rotatable bonds is 11. The molecule has 3 atom stereocenters. The summed E-state index contributed by atoms with van der Waals surface area (Å²) in [5.74, 6) is 3.97. The number of nitrogens with zero attached hydrogens (tertiary/aromatic N) is 1. The Morgan fingerprint density at radius 3 is 2.67 bits per heavy atom. The van der Waals surface area contributed by atoms with Crippen LogP contribution in [0.25, 0.3) is 0 Å². The molecule has 2 rings (SSSR count). The number of methoxy groups -OCH3 is 1. The van der Waals surface area contributed by atoms with Crippen LogP contribution in [0.4, 0.5) is 0 Å². The molecule has 5 nitrogen and oxygen atoms in total. The summed E-state index contributed by atoms with van der Waals surface area (Å²) in [4.78, 5) is 4.63. The molecule has 142 valence electrons. The van der Waals surface area contributed by atoms with Crippen molar-refractivity contribution in [3.8, 4) is 0 Å². The first-order chi connectivity index (χ1) is 11.3. The molecule has 0 aromatic carbocycles. The number of ether oxygens (including phenoxy) is 2. The topological polar surface area (TPSA) is 54.9 Å². The van der Waals surface area contributed by atoms with Crippen LogP contribution in [0.2, 0.25) is 0 Å². The van der Waals surface area contributed by atoms with Crippen LogP contribution >= 0.6 is 24.0 Å². The monoisotopic (exact) mass is 453 g/mol. The Hall–Kier alpha value is -0.0800. The van der Waals surface area contributed by atoms with E-state index in [-0.39, 0.29) is 24.0 Å². The first-order valence-corrected chi connectivity index (χ1v) is 9.42. The Kier molecular flexibility index (Phi) is 12.0. The summed E-state index contributed by atoms with van der Waals surface area (Å²) in [6, 6.07) is 0. The molecule has 2 bridgehead atoms. The zero-order valence-corrected chi connectivity index (χ0v) is 17.7. The van der Waals surface area contributed by atoms with Gasteiger partial charge in [-0.2, -0.15) is 0 Å². The highest BCUT2D eigenvalue weighted by molar-refractivity contribution is 14.0. The fourth-order valence-electron chi connectivity index (χ4n) is 4.05. The van der Waals surface area contributed by atoms with Crippen LogP contribution in [-0.2, 0) is 9.47 Å². The van der Waals surface area contributed by atoms with Gasteiger partial charge in [0.1, 0.15) is 0 Å². The predicted molar refractivity (Wildman–Crippen MR) is 110 cm³/mol. The number of halogens is 1. The number of fused-ring (bicyclic) bond motifs is 2. The summed E-state index contributed by atoms with van der Waals surface area (Å²) in [7, 11) is 1.69. The Morgan fingerprint density at radius 2 is 2.00 bits per heavy atom. The largest absolute Gasteiger partial charge is 0.382 e. The lowest BCUT2D eigenvalue weighted by Gasteiger charge is -2.22. The molecule has 2 N–H and O–H groups in total. The van der Waals surface area contributed by atoms with Crippen molar-refractivity contribution < 1.29 is 9.47 Å². The molecule has 2 saturated carbocycles. The lowest BCUT2D eigenvalue weighted by atomic mass is 9.86. The molecule has 2 aliphatic carbocycles. The van der Waals surface area contributed by atoms with E-state index in [1.54, 1.807) is 7.11 Å². The summed E-state index contributed by atoms with van der Waals surface area (Å²) >= 11 is 0. The maximum atomic E-state index is 5.46. The normalized spacial score (nSPS) is 25.6. The summed E-state index contributed by atoms with van der Waals surface area (Å²) < 4.78 is 10.4. The number of hydrogen-bond acceptors (Lipinski definition) is 3. The standard InChI is InChI=1S/C18H35N3O2.HI/c1-3-19-18(20-8-4-10-23-12-11-22-2)21-9-7-17-14-15-5-6-16(17)13-15;/h15-17H,3-14H2,1-2H3,(H2,19,20,21);1H. The molecule has 2 aliphatic rings. The van der Waals surface area contributed by atoms with Crippen molar-refractivity contribution in [1.82, 2.24) is 10.6 Å². The van der Waals surface area contributed by atoms with Gasteiger partial charge in [0.2, 0.25) is 0 Å². The van der Waals surface area contributed by atoms with Gasteiger partial charge in [0.15, 0.2) is 5.96 Å². The van der Waals surface area contributed by atoms with E-state index in [1.165, 1.54) is 32.1 Å². The minimum atomic E-state index is 0. The van der Waals surface area contributed by atoms with Crippen LogP contribution in [0.1, 0.15) is 45.4 Å². The van der Waals surface area contributed by atoms with E-state index in [4.69, 9.17) is 9.47 Å². The van der Waals surface area contributed by atoms with Crippen molar-refractivity contribution >= 4 is 29.9 Å². The highest BCUT2D eigenvalue weighted by Gasteiger charge is 2.38. The fourth-order valence-corrected chi connectivity index (χ4v) is 4.05. The third kappa shape index (κ3) is 7.87. The molecule has 0 heterocycles. The van der Waals surface area contributed by atoms with E-state index in [2.05, 4.69) is 22.5 Å². The van der Waals surface area contributed by atoms with Gasteiger partial charge in [-0.05, 0) is 56.8 Å². The molecule has 6 heteroatoms. The van der Waals surface area contributed by atoms with E-state index in [9.17, 15) is 0 Å². The molecular formula is C18H36IN3O2. The third-order valence-electron chi connectivity index (χ3n) is 5.18. The van der Waals surface area contributed by atoms with Gasteiger partial charge in [-0.1, -0.05) is 6.42 Å². The van der Waals surface area contributed by atoms with Crippen molar-refractivity contribution in [3.63, 3.8) is 0 Å². The summed E-state index contributed by atoms with van der Waals surface area (Å²) in [6.07, 6.45) is 8.19. The molecule has 24 heavy (non-hydrogen) atoms. The lowest BCUT2D eigenvalue weighted by Crippen LogP contribution is -2.38. The molecule has 2 fully saturated rings. The Labute approximate surface area is 164 Å². The zero-order valence-electron chi connectivity index (χ0n) is 15.4. The van der Waals surface area contributed by atoms with E-state index in [0.717, 1.165) is 56.4 Å². The van der Waals surface area contributed by atoms with E-state index in [0.29, 0.717) is 13.2 Å². The van der Waals surface area contributed by atoms with Crippen LogP contribution < -0.4 is 10.6 Å². The number of aliphatic imine (C=N–C) groups is 1. The second-order valence-electron chi connectivity index (χ2n) is 6.87. The van der Waals surface area contributed by atoms with Gasteiger partial charge in [0.25, 0.3) is 0 Å². The molecule has 0 saturated heterocycles. The molecule has 0 spiro atoms. The number of guanidine groups is 1. The molecule has 0 aliphatic heterocycles. The van der Waals surface area contributed by atoms with Crippen LogP contribution in [0.15, 0.2) is 4.99 Å². The van der Waals surface area contributed by atoms with Crippen molar-refractivity contribution in [2.75, 3.05) is 46.6 Å². The van der Waals surface area contributed by atoms with Gasteiger partial charge in [-0.3, -0.25) is 4.99 Å². The molecule has 0 aromatic heterocycles. The molecule has 0 aromatic rings. The van der Waals surface area contributed by atoms with Crippen molar-refractivity contribution in [2.24, 2.45) is 22.7 Å². The second kappa shape index (κ2) is 13.2. The Bertz CT molecular complexity index is 355. The van der Waals surface area contributed by atoms with E-state index < -0.39 is 0 Å². The van der Waals surface area contributed by atoms with Crippen LogP contribution in [0, 0.1) is 17.8 Å². The first kappa shape index (κ1) is 22.0. The maximum Gasteiger partial charge on any atom is 0.191 e. The van der Waals surface area contributed by atoms with Crippen LogP contribution in [-0.4, -0.2) is 52.5 Å². The van der Waals surface area contributed by atoms with Crippen molar-refractivity contribution in [2.45, 2.75) is 45.4 Å². The first-order valence-electron chi connectivity index (χ1n) is 9.42. The summed E-state index contributed by atoms with van der Waals surface area (Å²) in [5, 5.41) is 6.83. The Balaban J connectivity index is 0.00000288. The SMILES string of the molecule is CCNC(=NCCCOCCOC)NCCC1CC2CCC1C2.I. The van der Waals surface area contributed by atoms with Gasteiger partial charge in [-0.25, -0.2) is 0 Å². The molecule has 0 radical (unpaired) electrons. The van der Waals surface area contributed by atoms with Gasteiger partial charge in [0, 0.05) is 33.4 Å². The van der Waals surface area contributed by atoms with Crippen LogP contribution in [0.5, 0.6) is 0 Å². The fraction of sp³-hybridized carbons (Fsp3) is 0.944. The highest BCUT2D eigenvalue weighted by Crippen LogP contribution is 2.49. The zero-order chi connectivity index (χ0) is 16.3.